The average molecular weight is 155 g/mol. The zero-order valence-corrected chi connectivity index (χ0v) is 6.76. The smallest absolute Gasteiger partial charge is 0.0785 e. The zero-order chi connectivity index (χ0) is 8.53. The van der Waals surface area contributed by atoms with Crippen molar-refractivity contribution in [1.29, 1.82) is 0 Å². The summed E-state index contributed by atoms with van der Waals surface area (Å²) in [7, 11) is 0.500. The third kappa shape index (κ3) is 4.51. The minimum atomic E-state index is 0.500. The van der Waals surface area contributed by atoms with E-state index in [4.69, 9.17) is 5.73 Å². The van der Waals surface area contributed by atoms with Gasteiger partial charge in [-0.2, -0.15) is 0 Å². The van der Waals surface area contributed by atoms with E-state index in [9.17, 15) is 4.39 Å². The summed E-state index contributed by atoms with van der Waals surface area (Å²) in [5.74, 6) is 0. The van der Waals surface area contributed by atoms with Gasteiger partial charge >= 0.3 is 0 Å². The van der Waals surface area contributed by atoms with Crippen molar-refractivity contribution in [2.75, 3.05) is 13.7 Å². The molecule has 1 aromatic carbocycles. The molecule has 0 spiro atoms. The van der Waals surface area contributed by atoms with Crippen molar-refractivity contribution in [3.63, 3.8) is 0 Å². The SMILES string of the molecule is CF.NCCc1ccccc1. The van der Waals surface area contributed by atoms with E-state index < -0.39 is 0 Å². The molecule has 0 atom stereocenters. The summed E-state index contributed by atoms with van der Waals surface area (Å²) in [6.07, 6.45) is 0.987. The Hall–Kier alpha value is -0.890. The summed E-state index contributed by atoms with van der Waals surface area (Å²) in [6.45, 7) is 0.740. The third-order valence-corrected chi connectivity index (χ3v) is 1.28. The topological polar surface area (TPSA) is 26.0 Å². The first-order valence-corrected chi connectivity index (χ1v) is 3.55. The summed E-state index contributed by atoms with van der Waals surface area (Å²) in [5, 5.41) is 0. The van der Waals surface area contributed by atoms with Crippen LogP contribution in [0.2, 0.25) is 0 Å². The standard InChI is InChI=1S/C8H11N.CH3F/c9-7-6-8-4-2-1-3-5-8;1-2/h1-5H,6-7,9H2;1H3. The van der Waals surface area contributed by atoms with Crippen molar-refractivity contribution >= 4 is 0 Å². The highest BCUT2D eigenvalue weighted by Crippen LogP contribution is 1.96. The fraction of sp³-hybridized carbons (Fsp3) is 0.333. The minimum absolute atomic E-state index is 0.500. The number of halogens is 1. The van der Waals surface area contributed by atoms with Gasteiger partial charge in [0.15, 0.2) is 0 Å². The number of hydrogen-bond acceptors (Lipinski definition) is 1. The molecular formula is C9H14FN. The molecule has 0 unspecified atom stereocenters. The van der Waals surface area contributed by atoms with E-state index in [1.54, 1.807) is 0 Å². The van der Waals surface area contributed by atoms with Crippen LogP contribution in [0.15, 0.2) is 30.3 Å². The molecule has 0 fully saturated rings. The lowest BCUT2D eigenvalue weighted by atomic mass is 10.2. The van der Waals surface area contributed by atoms with Gasteiger partial charge in [0.05, 0.1) is 7.18 Å². The van der Waals surface area contributed by atoms with Gasteiger partial charge in [-0.15, -0.1) is 0 Å². The molecule has 11 heavy (non-hydrogen) atoms. The maximum Gasteiger partial charge on any atom is 0.0785 e. The average Bonchev–Trinajstić information content (AvgIpc) is 2.11. The summed E-state index contributed by atoms with van der Waals surface area (Å²) < 4.78 is 9.50. The van der Waals surface area contributed by atoms with E-state index in [-0.39, 0.29) is 0 Å². The van der Waals surface area contributed by atoms with E-state index in [2.05, 4.69) is 12.1 Å². The van der Waals surface area contributed by atoms with Gasteiger partial charge in [-0.1, -0.05) is 30.3 Å². The lowest BCUT2D eigenvalue weighted by Crippen LogP contribution is -2.01. The Morgan fingerprint density at radius 2 is 1.73 bits per heavy atom. The second-order valence-corrected chi connectivity index (χ2v) is 2.02. The van der Waals surface area contributed by atoms with Crippen LogP contribution >= 0.6 is 0 Å². The molecule has 2 N–H and O–H groups in total. The Morgan fingerprint density at radius 1 is 1.18 bits per heavy atom. The molecule has 0 aromatic heterocycles. The number of alkyl halides is 1. The first-order chi connectivity index (χ1) is 5.43. The van der Waals surface area contributed by atoms with Crippen LogP contribution in [0.5, 0.6) is 0 Å². The van der Waals surface area contributed by atoms with E-state index in [1.165, 1.54) is 5.56 Å². The zero-order valence-electron chi connectivity index (χ0n) is 6.76. The molecule has 0 aliphatic heterocycles. The van der Waals surface area contributed by atoms with Gasteiger partial charge in [0.25, 0.3) is 0 Å². The van der Waals surface area contributed by atoms with Crippen LogP contribution in [0.25, 0.3) is 0 Å². The largest absolute Gasteiger partial charge is 0.330 e. The van der Waals surface area contributed by atoms with Gasteiger partial charge in [0.1, 0.15) is 0 Å². The lowest BCUT2D eigenvalue weighted by molar-refractivity contribution is 0.636. The maximum absolute atomic E-state index is 9.50. The number of nitrogens with two attached hydrogens (primary N) is 1. The molecule has 0 aliphatic carbocycles. The number of rotatable bonds is 2. The quantitative estimate of drug-likeness (QED) is 0.692. The molecule has 1 aromatic rings. The van der Waals surface area contributed by atoms with Gasteiger partial charge in [0, 0.05) is 0 Å². The summed E-state index contributed by atoms with van der Waals surface area (Å²) >= 11 is 0. The summed E-state index contributed by atoms with van der Waals surface area (Å²) in [4.78, 5) is 0. The van der Waals surface area contributed by atoms with Crippen LogP contribution in [0.3, 0.4) is 0 Å². The van der Waals surface area contributed by atoms with Crippen molar-refractivity contribution in [1.82, 2.24) is 0 Å². The second kappa shape index (κ2) is 7.22. The van der Waals surface area contributed by atoms with Gasteiger partial charge < -0.3 is 5.73 Å². The first-order valence-electron chi connectivity index (χ1n) is 3.55. The van der Waals surface area contributed by atoms with Crippen molar-refractivity contribution in [3.05, 3.63) is 35.9 Å². The Kier molecular flexibility index (Phi) is 6.64. The highest BCUT2D eigenvalue weighted by Gasteiger charge is 1.84. The van der Waals surface area contributed by atoms with E-state index in [0.29, 0.717) is 7.18 Å². The highest BCUT2D eigenvalue weighted by atomic mass is 19.1. The lowest BCUT2D eigenvalue weighted by Gasteiger charge is -1.93. The van der Waals surface area contributed by atoms with Crippen molar-refractivity contribution in [3.8, 4) is 0 Å². The fourth-order valence-corrected chi connectivity index (χ4v) is 0.811. The Labute approximate surface area is 67.0 Å². The van der Waals surface area contributed by atoms with Crippen LogP contribution < -0.4 is 5.73 Å². The Bertz CT molecular complexity index is 162. The normalized spacial score (nSPS) is 8.27. The first kappa shape index (κ1) is 10.1. The highest BCUT2D eigenvalue weighted by molar-refractivity contribution is 5.14. The summed E-state index contributed by atoms with van der Waals surface area (Å²) in [6, 6.07) is 10.3. The van der Waals surface area contributed by atoms with E-state index in [0.717, 1.165) is 13.0 Å². The third-order valence-electron chi connectivity index (χ3n) is 1.28. The predicted molar refractivity (Wildman–Crippen MR) is 46.2 cm³/mol. The van der Waals surface area contributed by atoms with E-state index in [1.807, 2.05) is 18.2 Å². The van der Waals surface area contributed by atoms with Crippen molar-refractivity contribution < 1.29 is 4.39 Å². The van der Waals surface area contributed by atoms with Gasteiger partial charge in [-0.3, -0.25) is 4.39 Å². The van der Waals surface area contributed by atoms with Gasteiger partial charge in [0.2, 0.25) is 0 Å². The van der Waals surface area contributed by atoms with Gasteiger partial charge in [-0.05, 0) is 18.5 Å². The van der Waals surface area contributed by atoms with Crippen LogP contribution in [0, 0.1) is 0 Å². The minimum Gasteiger partial charge on any atom is -0.330 e. The molecule has 0 saturated carbocycles. The van der Waals surface area contributed by atoms with Crippen molar-refractivity contribution in [2.24, 2.45) is 5.73 Å². The molecule has 1 rings (SSSR count). The molecule has 0 saturated heterocycles. The molecule has 2 heteroatoms. The van der Waals surface area contributed by atoms with Crippen LogP contribution in [-0.2, 0) is 6.42 Å². The molecule has 0 amide bonds. The monoisotopic (exact) mass is 155 g/mol. The summed E-state index contributed by atoms with van der Waals surface area (Å²) in [5.41, 5.74) is 6.68. The van der Waals surface area contributed by atoms with Crippen LogP contribution in [-0.4, -0.2) is 13.7 Å². The van der Waals surface area contributed by atoms with E-state index >= 15 is 0 Å². The number of hydrogen-bond donors (Lipinski definition) is 1. The molecular weight excluding hydrogens is 141 g/mol. The molecule has 0 heterocycles. The molecule has 0 aliphatic rings. The Balaban J connectivity index is 0.000000461. The van der Waals surface area contributed by atoms with Crippen LogP contribution in [0.4, 0.5) is 4.39 Å². The predicted octanol–water partition coefficient (Wildman–Crippen LogP) is 1.77. The Morgan fingerprint density at radius 3 is 2.18 bits per heavy atom. The number of benzene rings is 1. The van der Waals surface area contributed by atoms with Crippen molar-refractivity contribution in [2.45, 2.75) is 6.42 Å². The van der Waals surface area contributed by atoms with Crippen LogP contribution in [0.1, 0.15) is 5.56 Å². The molecule has 62 valence electrons. The molecule has 0 bridgehead atoms. The van der Waals surface area contributed by atoms with Gasteiger partial charge in [-0.25, -0.2) is 0 Å². The second-order valence-electron chi connectivity index (χ2n) is 2.02. The fourth-order valence-electron chi connectivity index (χ4n) is 0.811. The molecule has 0 radical (unpaired) electrons. The maximum atomic E-state index is 9.50. The molecule has 1 nitrogen and oxygen atoms in total.